The first kappa shape index (κ1) is 15.5. The van der Waals surface area contributed by atoms with Crippen molar-refractivity contribution in [2.75, 3.05) is 13.1 Å². The Kier molecular flexibility index (Phi) is 4.04. The number of rotatable bonds is 4. The molecule has 7 heteroatoms. The molecule has 4 rings (SSSR count). The van der Waals surface area contributed by atoms with Gasteiger partial charge >= 0.3 is 0 Å². The van der Waals surface area contributed by atoms with Gasteiger partial charge in [0.25, 0.3) is 0 Å². The van der Waals surface area contributed by atoms with Crippen LogP contribution in [0.3, 0.4) is 0 Å². The summed E-state index contributed by atoms with van der Waals surface area (Å²) in [6, 6.07) is 10.1. The molecule has 0 aliphatic carbocycles. The van der Waals surface area contributed by atoms with E-state index in [2.05, 4.69) is 32.3 Å². The molecule has 7 nitrogen and oxygen atoms in total. The molecule has 1 aromatic carbocycles. The summed E-state index contributed by atoms with van der Waals surface area (Å²) in [6.45, 7) is 2.85. The zero-order chi connectivity index (χ0) is 17.2. The third kappa shape index (κ3) is 3.16. The molecule has 126 valence electrons. The fourth-order valence-electron chi connectivity index (χ4n) is 3.42. The second kappa shape index (κ2) is 6.49. The Morgan fingerprint density at radius 1 is 1.28 bits per heavy atom. The Hall–Kier alpha value is -2.98. The van der Waals surface area contributed by atoms with Gasteiger partial charge in [-0.15, -0.1) is 0 Å². The monoisotopic (exact) mass is 333 g/mol. The average Bonchev–Trinajstić information content (AvgIpc) is 3.36. The van der Waals surface area contributed by atoms with Crippen LogP contribution in [0.2, 0.25) is 0 Å². The van der Waals surface area contributed by atoms with Crippen molar-refractivity contribution >= 4 is 0 Å². The van der Waals surface area contributed by atoms with Crippen molar-refractivity contribution in [3.63, 3.8) is 0 Å². The standard InChI is InChI=1S/C18H19N7/c1-23-9-16(18(22-23)15-4-2-14(8-19)3-5-15)10-24-7-6-17(11-24)25-13-20-12-21-25/h2-5,9,12-13,17H,6-7,10-11H2,1H3. The molecular formula is C18H19N7. The van der Waals surface area contributed by atoms with E-state index in [0.29, 0.717) is 11.6 Å². The molecule has 1 aliphatic heterocycles. The Labute approximate surface area is 146 Å². The van der Waals surface area contributed by atoms with Gasteiger partial charge in [0.15, 0.2) is 0 Å². The molecule has 0 saturated carbocycles. The number of benzene rings is 1. The van der Waals surface area contributed by atoms with Crippen LogP contribution in [0.1, 0.15) is 23.6 Å². The lowest BCUT2D eigenvalue weighted by molar-refractivity contribution is 0.312. The first-order valence-corrected chi connectivity index (χ1v) is 8.32. The minimum absolute atomic E-state index is 0.387. The van der Waals surface area contributed by atoms with E-state index >= 15 is 0 Å². The van der Waals surface area contributed by atoms with E-state index in [1.165, 1.54) is 5.56 Å². The topological polar surface area (TPSA) is 75.6 Å². The number of hydrogen-bond acceptors (Lipinski definition) is 5. The van der Waals surface area contributed by atoms with Crippen molar-refractivity contribution in [1.29, 1.82) is 5.26 Å². The Balaban J connectivity index is 1.52. The van der Waals surface area contributed by atoms with E-state index in [1.807, 2.05) is 40.7 Å². The predicted octanol–water partition coefficient (Wildman–Crippen LogP) is 2.00. The van der Waals surface area contributed by atoms with Crippen LogP contribution in [0.25, 0.3) is 11.3 Å². The summed E-state index contributed by atoms with van der Waals surface area (Å²) in [5, 5.41) is 17.9. The van der Waals surface area contributed by atoms with Gasteiger partial charge in [-0.1, -0.05) is 12.1 Å². The molecule has 1 fully saturated rings. The third-order valence-electron chi connectivity index (χ3n) is 4.64. The van der Waals surface area contributed by atoms with Crippen LogP contribution in [0, 0.1) is 11.3 Å². The Morgan fingerprint density at radius 2 is 2.12 bits per heavy atom. The molecule has 3 heterocycles. The molecule has 1 saturated heterocycles. The molecule has 0 bridgehead atoms. The first-order valence-electron chi connectivity index (χ1n) is 8.32. The quantitative estimate of drug-likeness (QED) is 0.730. The van der Waals surface area contributed by atoms with E-state index in [-0.39, 0.29) is 0 Å². The third-order valence-corrected chi connectivity index (χ3v) is 4.64. The summed E-state index contributed by atoms with van der Waals surface area (Å²) in [5.41, 5.74) is 3.89. The minimum atomic E-state index is 0.387. The van der Waals surface area contributed by atoms with Crippen molar-refractivity contribution in [2.24, 2.45) is 7.05 Å². The summed E-state index contributed by atoms with van der Waals surface area (Å²) in [4.78, 5) is 6.47. The van der Waals surface area contributed by atoms with Gasteiger partial charge in [0.1, 0.15) is 12.7 Å². The molecule has 1 aliphatic rings. The molecule has 1 unspecified atom stereocenters. The molecule has 0 radical (unpaired) electrons. The van der Waals surface area contributed by atoms with Gasteiger partial charge in [0.2, 0.25) is 0 Å². The largest absolute Gasteiger partial charge is 0.297 e. The number of hydrogen-bond donors (Lipinski definition) is 0. The minimum Gasteiger partial charge on any atom is -0.297 e. The van der Waals surface area contributed by atoms with Crippen LogP contribution >= 0.6 is 0 Å². The number of aromatic nitrogens is 5. The number of aryl methyl sites for hydroxylation is 1. The summed E-state index contributed by atoms with van der Waals surface area (Å²) in [5.74, 6) is 0. The van der Waals surface area contributed by atoms with Crippen molar-refractivity contribution < 1.29 is 0 Å². The molecule has 0 N–H and O–H groups in total. The molecule has 3 aromatic rings. The number of nitrogens with zero attached hydrogens (tertiary/aromatic N) is 7. The zero-order valence-electron chi connectivity index (χ0n) is 14.1. The summed E-state index contributed by atoms with van der Waals surface area (Å²) >= 11 is 0. The van der Waals surface area contributed by atoms with Gasteiger partial charge < -0.3 is 0 Å². The van der Waals surface area contributed by atoms with Gasteiger partial charge in [-0.3, -0.25) is 9.58 Å². The number of nitriles is 1. The van der Waals surface area contributed by atoms with E-state index in [1.54, 1.807) is 12.7 Å². The van der Waals surface area contributed by atoms with Gasteiger partial charge in [-0.2, -0.15) is 15.5 Å². The smallest absolute Gasteiger partial charge is 0.137 e. The van der Waals surface area contributed by atoms with Crippen molar-refractivity contribution in [3.05, 3.63) is 54.2 Å². The van der Waals surface area contributed by atoms with Crippen LogP contribution in [-0.2, 0) is 13.6 Å². The highest BCUT2D eigenvalue weighted by Crippen LogP contribution is 2.27. The van der Waals surface area contributed by atoms with Crippen molar-refractivity contribution in [1.82, 2.24) is 29.4 Å². The van der Waals surface area contributed by atoms with E-state index in [9.17, 15) is 0 Å². The van der Waals surface area contributed by atoms with Crippen molar-refractivity contribution in [2.45, 2.75) is 19.0 Å². The lowest BCUT2D eigenvalue weighted by Gasteiger charge is -2.16. The van der Waals surface area contributed by atoms with Crippen LogP contribution in [-0.4, -0.2) is 42.5 Å². The number of likely N-dealkylation sites (tertiary alicyclic amines) is 1. The molecule has 25 heavy (non-hydrogen) atoms. The highest BCUT2D eigenvalue weighted by molar-refractivity contribution is 5.63. The molecular weight excluding hydrogens is 314 g/mol. The highest BCUT2D eigenvalue weighted by atomic mass is 15.4. The fourth-order valence-corrected chi connectivity index (χ4v) is 3.42. The Bertz CT molecular complexity index is 887. The maximum absolute atomic E-state index is 8.96. The maximum Gasteiger partial charge on any atom is 0.137 e. The van der Waals surface area contributed by atoms with Crippen molar-refractivity contribution in [3.8, 4) is 17.3 Å². The molecule has 0 spiro atoms. The summed E-state index contributed by atoms with van der Waals surface area (Å²) in [6.07, 6.45) is 6.54. The van der Waals surface area contributed by atoms with Gasteiger partial charge in [0.05, 0.1) is 23.4 Å². The average molecular weight is 333 g/mol. The SMILES string of the molecule is Cn1cc(CN2CCC(n3cncn3)C2)c(-c2ccc(C#N)cc2)n1. The predicted molar refractivity (Wildman–Crippen MR) is 92.3 cm³/mol. The van der Waals surface area contributed by atoms with E-state index in [0.717, 1.165) is 37.3 Å². The summed E-state index contributed by atoms with van der Waals surface area (Å²) < 4.78 is 3.80. The molecule has 0 amide bonds. The molecule has 2 aromatic heterocycles. The molecule has 1 atom stereocenters. The highest BCUT2D eigenvalue weighted by Gasteiger charge is 2.25. The lowest BCUT2D eigenvalue weighted by Crippen LogP contribution is -2.21. The lowest BCUT2D eigenvalue weighted by atomic mass is 10.1. The second-order valence-electron chi connectivity index (χ2n) is 6.42. The van der Waals surface area contributed by atoms with Crippen LogP contribution in [0.15, 0.2) is 43.1 Å². The summed E-state index contributed by atoms with van der Waals surface area (Å²) in [7, 11) is 1.94. The van der Waals surface area contributed by atoms with Gasteiger partial charge in [0, 0.05) is 44.0 Å². The maximum atomic E-state index is 8.96. The van der Waals surface area contributed by atoms with E-state index < -0.39 is 0 Å². The normalized spacial score (nSPS) is 17.7. The van der Waals surface area contributed by atoms with Crippen LogP contribution < -0.4 is 0 Å². The van der Waals surface area contributed by atoms with Gasteiger partial charge in [-0.05, 0) is 18.6 Å². The second-order valence-corrected chi connectivity index (χ2v) is 6.42. The van der Waals surface area contributed by atoms with E-state index in [4.69, 9.17) is 5.26 Å². The first-order chi connectivity index (χ1) is 12.2. The Morgan fingerprint density at radius 3 is 2.84 bits per heavy atom. The fraction of sp³-hybridized carbons (Fsp3) is 0.333. The van der Waals surface area contributed by atoms with Crippen LogP contribution in [0.5, 0.6) is 0 Å². The zero-order valence-corrected chi connectivity index (χ0v) is 14.1. The van der Waals surface area contributed by atoms with Crippen LogP contribution in [0.4, 0.5) is 0 Å². The van der Waals surface area contributed by atoms with Gasteiger partial charge in [-0.25, -0.2) is 9.67 Å².